The Kier molecular flexibility index (Phi) is 7.41. The van der Waals surface area contributed by atoms with E-state index in [-0.39, 0.29) is 5.56 Å². The van der Waals surface area contributed by atoms with Gasteiger partial charge in [0.15, 0.2) is 0 Å². The first-order valence-electron chi connectivity index (χ1n) is 12.9. The van der Waals surface area contributed by atoms with Gasteiger partial charge in [-0.1, -0.05) is 80.1 Å². The van der Waals surface area contributed by atoms with Gasteiger partial charge in [-0.25, -0.2) is 8.78 Å². The number of halogens is 2. The van der Waals surface area contributed by atoms with Gasteiger partial charge in [0, 0.05) is 42.9 Å². The van der Waals surface area contributed by atoms with Crippen LogP contribution in [-0.4, -0.2) is 18.1 Å². The molecule has 1 aliphatic heterocycles. The lowest BCUT2D eigenvalue weighted by Crippen LogP contribution is -2.33. The molecule has 2 nitrogen and oxygen atoms in total. The highest BCUT2D eigenvalue weighted by Crippen LogP contribution is 2.34. The maximum absolute atomic E-state index is 15.6. The predicted molar refractivity (Wildman–Crippen MR) is 143 cm³/mol. The molecule has 0 bridgehead atoms. The van der Waals surface area contributed by atoms with E-state index in [0.717, 1.165) is 49.2 Å². The number of nitrogens with zero attached hydrogens (tertiary/aromatic N) is 2. The van der Waals surface area contributed by atoms with E-state index >= 15 is 8.78 Å². The molecule has 0 N–H and O–H groups in total. The monoisotopic (exact) mass is 482 g/mol. The van der Waals surface area contributed by atoms with Crippen molar-refractivity contribution in [2.24, 2.45) is 5.92 Å². The molecule has 0 unspecified atom stereocenters. The van der Waals surface area contributed by atoms with Crippen LogP contribution >= 0.6 is 0 Å². The Bertz CT molecular complexity index is 1270. The molecule has 4 heteroatoms. The topological polar surface area (TPSA) is 16.1 Å². The fraction of sp³-hybridized carbons (Fsp3) is 0.281. The third kappa shape index (κ3) is 5.48. The number of benzene rings is 3. The van der Waals surface area contributed by atoms with E-state index in [0.29, 0.717) is 35.7 Å². The van der Waals surface area contributed by atoms with Crippen LogP contribution < -0.4 is 4.90 Å². The summed E-state index contributed by atoms with van der Waals surface area (Å²) >= 11 is 0. The average Bonchev–Trinajstić information content (AvgIpc) is 2.90. The highest BCUT2D eigenvalue weighted by atomic mass is 19.1. The minimum Gasteiger partial charge on any atom is -0.371 e. The quantitative estimate of drug-likeness (QED) is 0.267. The summed E-state index contributed by atoms with van der Waals surface area (Å²) in [5.74, 6) is -0.361. The fourth-order valence-corrected chi connectivity index (χ4v) is 5.20. The molecule has 0 amide bonds. The van der Waals surface area contributed by atoms with Crippen LogP contribution in [0, 0.1) is 17.6 Å². The highest BCUT2D eigenvalue weighted by molar-refractivity contribution is 5.71. The highest BCUT2D eigenvalue weighted by Gasteiger charge is 2.23. The number of piperidine rings is 1. The lowest BCUT2D eigenvalue weighted by molar-refractivity contribution is 0.394. The van der Waals surface area contributed by atoms with Crippen molar-refractivity contribution in [3.63, 3.8) is 0 Å². The molecule has 4 aromatic rings. The summed E-state index contributed by atoms with van der Waals surface area (Å²) in [6.45, 7) is 3.89. The van der Waals surface area contributed by atoms with Crippen LogP contribution in [-0.2, 0) is 12.8 Å². The van der Waals surface area contributed by atoms with Crippen LogP contribution in [0.15, 0.2) is 84.9 Å². The number of hydrogen-bond donors (Lipinski definition) is 0. The first kappa shape index (κ1) is 24.2. The molecule has 3 aromatic carbocycles. The molecule has 36 heavy (non-hydrogen) atoms. The predicted octanol–water partition coefficient (Wildman–Crippen LogP) is 7.83. The maximum atomic E-state index is 15.6. The van der Waals surface area contributed by atoms with Crippen LogP contribution in [0.3, 0.4) is 0 Å². The fourth-order valence-electron chi connectivity index (χ4n) is 5.20. The number of anilines is 1. The van der Waals surface area contributed by atoms with Gasteiger partial charge in [-0.2, -0.15) is 0 Å². The Balaban J connectivity index is 1.50. The Hall–Kier alpha value is -3.53. The van der Waals surface area contributed by atoms with Crippen LogP contribution in [0.1, 0.15) is 48.7 Å². The van der Waals surface area contributed by atoms with E-state index in [1.165, 1.54) is 12.1 Å². The van der Waals surface area contributed by atoms with E-state index in [2.05, 4.69) is 24.0 Å². The van der Waals surface area contributed by atoms with Crippen molar-refractivity contribution in [1.82, 2.24) is 4.98 Å². The van der Waals surface area contributed by atoms with E-state index < -0.39 is 11.6 Å². The summed E-state index contributed by atoms with van der Waals surface area (Å²) in [6.07, 6.45) is 4.46. The van der Waals surface area contributed by atoms with Gasteiger partial charge in [-0.05, 0) is 48.1 Å². The SMILES string of the molecule is CCC1CCN(c2cc(F)c(-c3ccc(Cc4ccccc4)nc3Cc3ccccc3)c(F)c2)CC1. The molecule has 0 aliphatic carbocycles. The Morgan fingerprint density at radius 2 is 1.36 bits per heavy atom. The van der Waals surface area contributed by atoms with E-state index in [1.807, 2.05) is 60.7 Å². The van der Waals surface area contributed by atoms with Crippen molar-refractivity contribution < 1.29 is 8.78 Å². The van der Waals surface area contributed by atoms with Crippen LogP contribution in [0.4, 0.5) is 14.5 Å². The van der Waals surface area contributed by atoms with Crippen molar-refractivity contribution >= 4 is 5.69 Å². The van der Waals surface area contributed by atoms with Gasteiger partial charge in [-0.15, -0.1) is 0 Å². The zero-order valence-electron chi connectivity index (χ0n) is 20.8. The number of rotatable bonds is 7. The van der Waals surface area contributed by atoms with Crippen molar-refractivity contribution in [3.8, 4) is 11.1 Å². The smallest absolute Gasteiger partial charge is 0.136 e. The van der Waals surface area contributed by atoms with Gasteiger partial charge >= 0.3 is 0 Å². The summed E-state index contributed by atoms with van der Waals surface area (Å²) in [7, 11) is 0. The summed E-state index contributed by atoms with van der Waals surface area (Å²) in [5.41, 5.74) is 4.92. The molecule has 1 aliphatic rings. The van der Waals surface area contributed by atoms with Crippen LogP contribution in [0.25, 0.3) is 11.1 Å². The van der Waals surface area contributed by atoms with Crippen LogP contribution in [0.5, 0.6) is 0 Å². The Labute approximate surface area is 212 Å². The van der Waals surface area contributed by atoms with Gasteiger partial charge in [0.25, 0.3) is 0 Å². The molecule has 0 spiro atoms. The number of pyridine rings is 1. The van der Waals surface area contributed by atoms with E-state index in [4.69, 9.17) is 4.98 Å². The second-order valence-corrected chi connectivity index (χ2v) is 9.74. The summed E-state index contributed by atoms with van der Waals surface area (Å²) in [4.78, 5) is 7.01. The van der Waals surface area contributed by atoms with Crippen molar-refractivity contribution in [2.45, 2.75) is 39.0 Å². The largest absolute Gasteiger partial charge is 0.371 e. The van der Waals surface area contributed by atoms with Gasteiger partial charge in [-0.3, -0.25) is 4.98 Å². The Morgan fingerprint density at radius 1 is 0.778 bits per heavy atom. The minimum atomic E-state index is -0.533. The minimum absolute atomic E-state index is 0.00638. The van der Waals surface area contributed by atoms with Gasteiger partial charge < -0.3 is 4.90 Å². The Morgan fingerprint density at radius 3 is 1.94 bits per heavy atom. The lowest BCUT2D eigenvalue weighted by atomic mass is 9.93. The summed E-state index contributed by atoms with van der Waals surface area (Å²) < 4.78 is 31.1. The second-order valence-electron chi connectivity index (χ2n) is 9.74. The zero-order chi connectivity index (χ0) is 24.9. The molecule has 184 valence electrons. The van der Waals surface area contributed by atoms with Gasteiger partial charge in [0.05, 0.1) is 11.3 Å². The summed E-state index contributed by atoms with van der Waals surface area (Å²) in [6, 6.07) is 26.8. The molecule has 0 radical (unpaired) electrons. The standard InChI is InChI=1S/C32H32F2N2/c1-2-23-15-17-36(18-16-23)27-21-29(33)32(30(34)22-27)28-14-13-26(19-24-9-5-3-6-10-24)35-31(28)20-25-11-7-4-8-12-25/h3-14,21-23H,2,15-20H2,1H3. The molecule has 0 saturated carbocycles. The molecule has 2 heterocycles. The third-order valence-electron chi connectivity index (χ3n) is 7.33. The molecule has 0 atom stereocenters. The number of hydrogen-bond acceptors (Lipinski definition) is 2. The first-order chi connectivity index (χ1) is 17.6. The molecule has 5 rings (SSSR count). The normalized spacial score (nSPS) is 14.2. The number of aromatic nitrogens is 1. The average molecular weight is 483 g/mol. The van der Waals surface area contributed by atoms with Crippen molar-refractivity contribution in [3.05, 3.63) is 119 Å². The second kappa shape index (κ2) is 11.0. The zero-order valence-corrected chi connectivity index (χ0v) is 20.8. The van der Waals surface area contributed by atoms with Gasteiger partial charge in [0.1, 0.15) is 11.6 Å². The molecule has 1 aromatic heterocycles. The first-order valence-corrected chi connectivity index (χ1v) is 12.9. The molecular formula is C32H32F2N2. The van der Waals surface area contributed by atoms with E-state index in [1.54, 1.807) is 0 Å². The van der Waals surface area contributed by atoms with E-state index in [9.17, 15) is 0 Å². The van der Waals surface area contributed by atoms with Crippen molar-refractivity contribution in [2.75, 3.05) is 18.0 Å². The molecular weight excluding hydrogens is 450 g/mol. The third-order valence-corrected chi connectivity index (χ3v) is 7.33. The van der Waals surface area contributed by atoms with Crippen LogP contribution in [0.2, 0.25) is 0 Å². The molecule has 1 fully saturated rings. The molecule has 1 saturated heterocycles. The summed E-state index contributed by atoms with van der Waals surface area (Å²) in [5, 5.41) is 0. The lowest BCUT2D eigenvalue weighted by Gasteiger charge is -2.33. The van der Waals surface area contributed by atoms with Crippen molar-refractivity contribution in [1.29, 1.82) is 0 Å². The maximum Gasteiger partial charge on any atom is 0.136 e. The van der Waals surface area contributed by atoms with Gasteiger partial charge in [0.2, 0.25) is 0 Å².